The zero-order chi connectivity index (χ0) is 16.7. The van der Waals surface area contributed by atoms with Gasteiger partial charge >= 0.3 is 0 Å². The van der Waals surface area contributed by atoms with Gasteiger partial charge in [0, 0.05) is 21.5 Å². The molecular weight excluding hydrogens is 324 g/mol. The van der Waals surface area contributed by atoms with Crippen LogP contribution in [-0.4, -0.2) is 49.7 Å². The fraction of sp³-hybridized carbons (Fsp3) is 0.333. The lowest BCUT2D eigenvalue weighted by Gasteiger charge is -2.11. The molecule has 0 saturated carbocycles. The molecule has 0 unspecified atom stereocenters. The van der Waals surface area contributed by atoms with E-state index < -0.39 is 0 Å². The van der Waals surface area contributed by atoms with Crippen molar-refractivity contribution in [3.63, 3.8) is 0 Å². The molecule has 0 aliphatic rings. The summed E-state index contributed by atoms with van der Waals surface area (Å²) in [6.45, 7) is 0. The molecule has 0 aromatic heterocycles. The van der Waals surface area contributed by atoms with Crippen molar-refractivity contribution in [2.75, 3.05) is 39.9 Å². The summed E-state index contributed by atoms with van der Waals surface area (Å²) in [5.41, 5.74) is 0. The number of hydrogen-bond acceptors (Lipinski definition) is 5. The molecule has 0 aliphatic heterocycles. The summed E-state index contributed by atoms with van der Waals surface area (Å²) in [4.78, 5) is 6.82. The minimum Gasteiger partial charge on any atom is -0.457 e. The number of benzene rings is 2. The van der Waals surface area contributed by atoms with Crippen molar-refractivity contribution in [2.24, 2.45) is 0 Å². The molecule has 0 radical (unpaired) electrons. The summed E-state index contributed by atoms with van der Waals surface area (Å²) in [6.07, 6.45) is 0. The molecule has 5 heteroatoms. The number of hydrogen-bond donors (Lipinski definition) is 0. The third-order valence-electron chi connectivity index (χ3n) is 2.86. The second kappa shape index (κ2) is 9.23. The first kappa shape index (κ1) is 18.2. The molecule has 0 fully saturated rings. The predicted molar refractivity (Wildman–Crippen MR) is 102 cm³/mol. The Morgan fingerprint density at radius 2 is 1.00 bits per heavy atom. The Bertz CT molecular complexity index is 529. The Kier molecular flexibility index (Phi) is 7.30. The number of nitrogens with zero attached hydrogens (tertiary/aromatic N) is 2. The Balaban J connectivity index is 1.88. The molecule has 0 spiro atoms. The van der Waals surface area contributed by atoms with Crippen molar-refractivity contribution in [1.29, 1.82) is 0 Å². The Morgan fingerprint density at radius 3 is 1.30 bits per heavy atom. The fourth-order valence-electron chi connectivity index (χ4n) is 1.75. The van der Waals surface area contributed by atoms with Gasteiger partial charge in [-0.25, -0.2) is 0 Å². The highest BCUT2D eigenvalue weighted by atomic mass is 32.2. The van der Waals surface area contributed by atoms with Gasteiger partial charge in [0.15, 0.2) is 0 Å². The van der Waals surface area contributed by atoms with Gasteiger partial charge < -0.3 is 4.74 Å². The van der Waals surface area contributed by atoms with Gasteiger partial charge in [-0.05, 0) is 76.7 Å². The fourth-order valence-corrected chi connectivity index (χ4v) is 3.22. The van der Waals surface area contributed by atoms with Crippen molar-refractivity contribution >= 4 is 23.5 Å². The molecule has 0 aliphatic carbocycles. The Labute approximate surface area is 148 Å². The lowest BCUT2D eigenvalue weighted by molar-refractivity contribution is 0.481. The molecular formula is C18H24N2OS2. The van der Waals surface area contributed by atoms with Crippen LogP contribution < -0.4 is 4.74 Å². The maximum Gasteiger partial charge on any atom is 0.127 e. The number of rotatable bonds is 8. The SMILES string of the molecule is CN(C)CSc1ccc(Oc2ccc(SCN(C)C)cc2)cc1. The number of thioether (sulfide) groups is 2. The molecule has 124 valence electrons. The van der Waals surface area contributed by atoms with Gasteiger partial charge in [0.05, 0.1) is 0 Å². The summed E-state index contributed by atoms with van der Waals surface area (Å²) >= 11 is 3.63. The van der Waals surface area contributed by atoms with Crippen LogP contribution in [0, 0.1) is 0 Å². The zero-order valence-electron chi connectivity index (χ0n) is 14.2. The zero-order valence-corrected chi connectivity index (χ0v) is 15.8. The van der Waals surface area contributed by atoms with Gasteiger partial charge in [-0.1, -0.05) is 0 Å². The summed E-state index contributed by atoms with van der Waals surface area (Å²) in [7, 11) is 8.30. The summed E-state index contributed by atoms with van der Waals surface area (Å²) in [6, 6.07) is 16.5. The molecule has 3 nitrogen and oxygen atoms in total. The largest absolute Gasteiger partial charge is 0.457 e. The van der Waals surface area contributed by atoms with Crippen molar-refractivity contribution < 1.29 is 4.74 Å². The molecule has 0 heterocycles. The maximum atomic E-state index is 5.90. The molecule has 23 heavy (non-hydrogen) atoms. The van der Waals surface area contributed by atoms with Gasteiger partial charge in [0.1, 0.15) is 11.5 Å². The van der Waals surface area contributed by atoms with Crippen molar-refractivity contribution in [1.82, 2.24) is 9.80 Å². The van der Waals surface area contributed by atoms with Crippen LogP contribution in [0.15, 0.2) is 58.3 Å². The maximum absolute atomic E-state index is 5.90. The second-order valence-corrected chi connectivity index (χ2v) is 7.79. The highest BCUT2D eigenvalue weighted by molar-refractivity contribution is 7.99. The Morgan fingerprint density at radius 1 is 0.652 bits per heavy atom. The molecule has 0 bridgehead atoms. The first-order valence-electron chi connectivity index (χ1n) is 7.46. The monoisotopic (exact) mass is 348 g/mol. The Hall–Kier alpha value is -1.14. The van der Waals surface area contributed by atoms with E-state index in [4.69, 9.17) is 4.74 Å². The van der Waals surface area contributed by atoms with Crippen LogP contribution in [0.1, 0.15) is 0 Å². The lowest BCUT2D eigenvalue weighted by Crippen LogP contribution is -2.09. The van der Waals surface area contributed by atoms with Crippen molar-refractivity contribution in [3.8, 4) is 11.5 Å². The van der Waals surface area contributed by atoms with Crippen LogP contribution in [-0.2, 0) is 0 Å². The lowest BCUT2D eigenvalue weighted by atomic mass is 10.3. The topological polar surface area (TPSA) is 15.7 Å². The molecule has 0 amide bonds. The van der Waals surface area contributed by atoms with Crippen LogP contribution in [0.3, 0.4) is 0 Å². The van der Waals surface area contributed by atoms with Crippen LogP contribution in [0.25, 0.3) is 0 Å². The number of ether oxygens (including phenoxy) is 1. The standard InChI is InChI=1S/C18H24N2OS2/c1-19(2)13-22-17-9-5-15(6-10-17)21-16-7-11-18(12-8-16)23-14-20(3)4/h5-12H,13-14H2,1-4H3. The molecule has 2 rings (SSSR count). The van der Waals surface area contributed by atoms with E-state index in [-0.39, 0.29) is 0 Å². The summed E-state index contributed by atoms with van der Waals surface area (Å²) in [5.74, 6) is 3.69. The van der Waals surface area contributed by atoms with E-state index in [0.717, 1.165) is 23.3 Å². The smallest absolute Gasteiger partial charge is 0.127 e. The third kappa shape index (κ3) is 6.87. The van der Waals surface area contributed by atoms with E-state index in [9.17, 15) is 0 Å². The average Bonchev–Trinajstić information content (AvgIpc) is 2.53. The van der Waals surface area contributed by atoms with E-state index in [1.54, 1.807) is 0 Å². The van der Waals surface area contributed by atoms with Crippen LogP contribution in [0.2, 0.25) is 0 Å². The first-order chi connectivity index (χ1) is 11.0. The summed E-state index contributed by atoms with van der Waals surface area (Å²) < 4.78 is 5.90. The van der Waals surface area contributed by atoms with Gasteiger partial charge in [0.25, 0.3) is 0 Å². The average molecular weight is 349 g/mol. The molecule has 0 atom stereocenters. The first-order valence-corrected chi connectivity index (χ1v) is 9.43. The molecule has 2 aromatic rings. The van der Waals surface area contributed by atoms with E-state index in [0.29, 0.717) is 0 Å². The van der Waals surface area contributed by atoms with Crippen LogP contribution in [0.5, 0.6) is 11.5 Å². The highest BCUT2D eigenvalue weighted by Gasteiger charge is 2.01. The van der Waals surface area contributed by atoms with Gasteiger partial charge in [-0.15, -0.1) is 23.5 Å². The van der Waals surface area contributed by atoms with Gasteiger partial charge in [-0.3, -0.25) is 9.80 Å². The predicted octanol–water partition coefficient (Wildman–Crippen LogP) is 4.70. The quantitative estimate of drug-likeness (QED) is 0.506. The van der Waals surface area contributed by atoms with E-state index >= 15 is 0 Å². The van der Waals surface area contributed by atoms with Gasteiger partial charge in [0.2, 0.25) is 0 Å². The molecule has 0 N–H and O–H groups in total. The van der Waals surface area contributed by atoms with Crippen LogP contribution >= 0.6 is 23.5 Å². The highest BCUT2D eigenvalue weighted by Crippen LogP contribution is 2.27. The minimum atomic E-state index is 0.868. The van der Waals surface area contributed by atoms with Crippen LogP contribution in [0.4, 0.5) is 0 Å². The van der Waals surface area contributed by atoms with Gasteiger partial charge in [-0.2, -0.15) is 0 Å². The van der Waals surface area contributed by atoms with E-state index in [1.165, 1.54) is 9.79 Å². The normalized spacial score (nSPS) is 11.2. The third-order valence-corrected chi connectivity index (χ3v) is 5.36. The molecule has 2 aromatic carbocycles. The van der Waals surface area contributed by atoms with Crippen molar-refractivity contribution in [2.45, 2.75) is 9.79 Å². The second-order valence-electron chi connectivity index (χ2n) is 5.75. The van der Waals surface area contributed by atoms with E-state index in [1.807, 2.05) is 47.8 Å². The molecule has 0 saturated heterocycles. The summed E-state index contributed by atoms with van der Waals surface area (Å²) in [5, 5.41) is 0. The minimum absolute atomic E-state index is 0.868. The van der Waals surface area contributed by atoms with Crippen molar-refractivity contribution in [3.05, 3.63) is 48.5 Å². The van der Waals surface area contributed by atoms with E-state index in [2.05, 4.69) is 62.3 Å².